The molecule has 0 aromatic heterocycles. The van der Waals surface area contributed by atoms with Gasteiger partial charge in [-0.15, -0.1) is 0 Å². The molecule has 3 rings (SSSR count). The molecule has 0 aliphatic rings. The van der Waals surface area contributed by atoms with Gasteiger partial charge >= 0.3 is 0 Å². The third-order valence-corrected chi connectivity index (χ3v) is 4.67. The van der Waals surface area contributed by atoms with Crippen molar-refractivity contribution in [2.24, 2.45) is 0 Å². The maximum Gasteiger partial charge on any atom is 0.253 e. The molecule has 0 saturated heterocycles. The highest BCUT2D eigenvalue weighted by atomic mass is 19.1. The van der Waals surface area contributed by atoms with Crippen molar-refractivity contribution in [2.75, 3.05) is 5.32 Å². The van der Waals surface area contributed by atoms with Gasteiger partial charge in [0, 0.05) is 6.42 Å². The maximum atomic E-state index is 13.7. The van der Waals surface area contributed by atoms with Crippen LogP contribution in [0.1, 0.15) is 40.9 Å². The number of carbonyl (C=O) groups is 2. The van der Waals surface area contributed by atoms with E-state index in [1.54, 1.807) is 42.5 Å². The minimum Gasteiger partial charge on any atom is -0.345 e. The third-order valence-electron chi connectivity index (χ3n) is 4.67. The second-order valence-corrected chi connectivity index (χ2v) is 6.79. The molecular weight excluding hydrogens is 367 g/mol. The fraction of sp³-hybridized carbons (Fsp3) is 0.167. The Morgan fingerprint density at radius 3 is 2.31 bits per heavy atom. The summed E-state index contributed by atoms with van der Waals surface area (Å²) in [5.41, 5.74) is 2.30. The summed E-state index contributed by atoms with van der Waals surface area (Å²) in [6.45, 7) is 1.91. The van der Waals surface area contributed by atoms with Crippen LogP contribution in [0, 0.1) is 5.82 Å². The quantitative estimate of drug-likeness (QED) is 0.604. The van der Waals surface area contributed by atoms with Crippen LogP contribution in [0.4, 0.5) is 10.1 Å². The lowest BCUT2D eigenvalue weighted by Crippen LogP contribution is -2.28. The molecule has 3 aromatic rings. The zero-order valence-electron chi connectivity index (χ0n) is 16.2. The summed E-state index contributed by atoms with van der Waals surface area (Å²) in [7, 11) is 0. The molecule has 2 N–H and O–H groups in total. The summed E-state index contributed by atoms with van der Waals surface area (Å²) < 4.78 is 13.7. The standard InChI is InChI=1S/C24H23FN2O2/c1-17(18-9-3-2-4-10-18)26-24(29)20-12-6-8-14-22(20)27-23(28)16-15-19-11-5-7-13-21(19)25/h2-14,17H,15-16H2,1H3,(H,26,29)(H,27,28)/t17-/m1/s1. The zero-order chi connectivity index (χ0) is 20.6. The third kappa shape index (κ3) is 5.51. The molecule has 29 heavy (non-hydrogen) atoms. The normalized spacial score (nSPS) is 11.5. The molecule has 0 saturated carbocycles. The molecule has 148 valence electrons. The van der Waals surface area contributed by atoms with Crippen molar-refractivity contribution in [2.45, 2.75) is 25.8 Å². The van der Waals surface area contributed by atoms with E-state index in [1.807, 2.05) is 37.3 Å². The Bertz CT molecular complexity index is 989. The topological polar surface area (TPSA) is 58.2 Å². The Balaban J connectivity index is 1.64. The molecule has 5 heteroatoms. The van der Waals surface area contributed by atoms with Crippen LogP contribution in [-0.4, -0.2) is 11.8 Å². The summed E-state index contributed by atoms with van der Waals surface area (Å²) in [6, 6.07) is 22.7. The minimum absolute atomic E-state index is 0.122. The zero-order valence-corrected chi connectivity index (χ0v) is 16.2. The summed E-state index contributed by atoms with van der Waals surface area (Å²) in [5, 5.41) is 5.72. The van der Waals surface area contributed by atoms with Crippen LogP contribution >= 0.6 is 0 Å². The molecule has 0 bridgehead atoms. The van der Waals surface area contributed by atoms with Gasteiger partial charge in [0.05, 0.1) is 17.3 Å². The second kappa shape index (κ2) is 9.64. The molecule has 0 spiro atoms. The Morgan fingerprint density at radius 2 is 1.55 bits per heavy atom. The van der Waals surface area contributed by atoms with Crippen molar-refractivity contribution < 1.29 is 14.0 Å². The van der Waals surface area contributed by atoms with E-state index in [2.05, 4.69) is 10.6 Å². The number of para-hydroxylation sites is 1. The van der Waals surface area contributed by atoms with Crippen LogP contribution < -0.4 is 10.6 Å². The average Bonchev–Trinajstić information content (AvgIpc) is 2.74. The van der Waals surface area contributed by atoms with Crippen molar-refractivity contribution in [1.82, 2.24) is 5.32 Å². The summed E-state index contributed by atoms with van der Waals surface area (Å²) in [5.74, 6) is -0.869. The Labute approximate surface area is 169 Å². The van der Waals surface area contributed by atoms with Crippen molar-refractivity contribution in [3.8, 4) is 0 Å². The van der Waals surface area contributed by atoms with Crippen LogP contribution in [0.2, 0.25) is 0 Å². The van der Waals surface area contributed by atoms with E-state index < -0.39 is 0 Å². The van der Waals surface area contributed by atoms with Crippen LogP contribution in [-0.2, 0) is 11.2 Å². The van der Waals surface area contributed by atoms with E-state index in [9.17, 15) is 14.0 Å². The van der Waals surface area contributed by atoms with Gasteiger partial charge in [0.2, 0.25) is 5.91 Å². The van der Waals surface area contributed by atoms with Crippen LogP contribution in [0.15, 0.2) is 78.9 Å². The predicted molar refractivity (Wildman–Crippen MR) is 112 cm³/mol. The molecule has 0 aliphatic heterocycles. The van der Waals surface area contributed by atoms with Crippen molar-refractivity contribution in [3.63, 3.8) is 0 Å². The lowest BCUT2D eigenvalue weighted by atomic mass is 10.1. The minimum atomic E-state index is -0.324. The number of carbonyl (C=O) groups excluding carboxylic acids is 2. The number of hydrogen-bond donors (Lipinski definition) is 2. The van der Waals surface area contributed by atoms with Crippen LogP contribution in [0.5, 0.6) is 0 Å². The van der Waals surface area contributed by atoms with E-state index in [0.29, 0.717) is 16.8 Å². The molecule has 1 atom stereocenters. The first-order valence-corrected chi connectivity index (χ1v) is 9.52. The number of nitrogens with one attached hydrogen (secondary N) is 2. The van der Waals surface area contributed by atoms with Gasteiger partial charge in [-0.2, -0.15) is 0 Å². The van der Waals surface area contributed by atoms with E-state index >= 15 is 0 Å². The van der Waals surface area contributed by atoms with Crippen molar-refractivity contribution in [3.05, 3.63) is 101 Å². The van der Waals surface area contributed by atoms with E-state index in [0.717, 1.165) is 5.56 Å². The summed E-state index contributed by atoms with van der Waals surface area (Å²) in [6.07, 6.45) is 0.412. The van der Waals surface area contributed by atoms with E-state index in [4.69, 9.17) is 0 Å². The fourth-order valence-corrected chi connectivity index (χ4v) is 3.05. The van der Waals surface area contributed by atoms with Gasteiger partial charge in [-0.1, -0.05) is 60.7 Å². The molecule has 0 aliphatic carbocycles. The van der Waals surface area contributed by atoms with Crippen LogP contribution in [0.3, 0.4) is 0 Å². The average molecular weight is 390 g/mol. The van der Waals surface area contributed by atoms with Gasteiger partial charge in [-0.25, -0.2) is 4.39 Å². The van der Waals surface area contributed by atoms with Gasteiger partial charge in [0.25, 0.3) is 5.91 Å². The SMILES string of the molecule is C[C@@H](NC(=O)c1ccccc1NC(=O)CCc1ccccc1F)c1ccccc1. The lowest BCUT2D eigenvalue weighted by Gasteiger charge is -2.16. The number of rotatable bonds is 7. The van der Waals surface area contributed by atoms with Gasteiger partial charge in [0.15, 0.2) is 0 Å². The fourth-order valence-electron chi connectivity index (χ4n) is 3.05. The monoisotopic (exact) mass is 390 g/mol. The molecule has 4 nitrogen and oxygen atoms in total. The van der Waals surface area contributed by atoms with Gasteiger partial charge < -0.3 is 10.6 Å². The number of hydrogen-bond acceptors (Lipinski definition) is 2. The molecule has 3 aromatic carbocycles. The number of amides is 2. The van der Waals surface area contributed by atoms with Gasteiger partial charge in [-0.3, -0.25) is 9.59 Å². The van der Waals surface area contributed by atoms with Crippen LogP contribution in [0.25, 0.3) is 0 Å². The molecule has 0 radical (unpaired) electrons. The van der Waals surface area contributed by atoms with Gasteiger partial charge in [0.1, 0.15) is 5.82 Å². The predicted octanol–water partition coefficient (Wildman–Crippen LogP) is 4.89. The summed E-state index contributed by atoms with van der Waals surface area (Å²) >= 11 is 0. The Kier molecular flexibility index (Phi) is 6.74. The number of anilines is 1. The molecule has 2 amide bonds. The molecule has 0 unspecified atom stereocenters. The first-order valence-electron chi connectivity index (χ1n) is 9.52. The summed E-state index contributed by atoms with van der Waals surface area (Å²) in [4.78, 5) is 25.1. The smallest absolute Gasteiger partial charge is 0.253 e. The highest BCUT2D eigenvalue weighted by molar-refractivity contribution is 6.03. The first-order chi connectivity index (χ1) is 14.0. The number of benzene rings is 3. The van der Waals surface area contributed by atoms with E-state index in [-0.39, 0.29) is 36.5 Å². The highest BCUT2D eigenvalue weighted by Gasteiger charge is 2.16. The van der Waals surface area contributed by atoms with Crippen molar-refractivity contribution >= 4 is 17.5 Å². The lowest BCUT2D eigenvalue weighted by molar-refractivity contribution is -0.116. The van der Waals surface area contributed by atoms with Gasteiger partial charge in [-0.05, 0) is 42.7 Å². The molecule has 0 heterocycles. The molecule has 0 fully saturated rings. The highest BCUT2D eigenvalue weighted by Crippen LogP contribution is 2.18. The Morgan fingerprint density at radius 1 is 0.897 bits per heavy atom. The van der Waals surface area contributed by atoms with Crippen molar-refractivity contribution in [1.29, 1.82) is 0 Å². The largest absolute Gasteiger partial charge is 0.345 e. The number of halogens is 1. The Hall–Kier alpha value is -3.47. The maximum absolute atomic E-state index is 13.7. The second-order valence-electron chi connectivity index (χ2n) is 6.79. The van der Waals surface area contributed by atoms with E-state index in [1.165, 1.54) is 6.07 Å². The number of aryl methyl sites for hydroxylation is 1. The first kappa shape index (κ1) is 20.3. The molecular formula is C24H23FN2O2.